The van der Waals surface area contributed by atoms with Crippen LogP contribution in [0.5, 0.6) is 0 Å². The van der Waals surface area contributed by atoms with Gasteiger partial charge in [-0.05, 0) is 345 Å². The largest absolute Gasteiger partial charge is 0.478 e. The second-order valence-corrected chi connectivity index (χ2v) is 32.2. The average Bonchev–Trinajstić information content (AvgIpc) is 1.46. The van der Waals surface area contributed by atoms with Gasteiger partial charge in [-0.25, -0.2) is 4.79 Å². The van der Waals surface area contributed by atoms with Gasteiger partial charge in [0.2, 0.25) is 0 Å². The molecule has 3 nitrogen and oxygen atoms in total. The summed E-state index contributed by atoms with van der Waals surface area (Å²) in [5.41, 5.74) is 32.8. The van der Waals surface area contributed by atoms with Crippen molar-refractivity contribution in [3.63, 3.8) is 0 Å². The Morgan fingerprint density at radius 2 is 0.451 bits per heavy atom. The monoisotopic (exact) mass is 1440 g/mol. The van der Waals surface area contributed by atoms with Crippen LogP contribution in [0.4, 0.5) is 0 Å². The van der Waals surface area contributed by atoms with Crippen LogP contribution >= 0.6 is 0 Å². The fourth-order valence-electron chi connectivity index (χ4n) is 19.7. The van der Waals surface area contributed by atoms with Crippen LogP contribution in [-0.2, 0) is 25.7 Å². The molecule has 0 atom stereocenters. The molecule has 0 fully saturated rings. The van der Waals surface area contributed by atoms with E-state index in [1.165, 1.54) is 204 Å². The van der Waals surface area contributed by atoms with Gasteiger partial charge in [0.15, 0.2) is 5.78 Å². The maximum atomic E-state index is 12.4. The molecular weight excluding hydrogens is 1370 g/mol. The summed E-state index contributed by atoms with van der Waals surface area (Å²) in [5.74, 6) is 0.191. The molecule has 0 spiro atoms. The van der Waals surface area contributed by atoms with Gasteiger partial charge in [-0.2, -0.15) is 0 Å². The van der Waals surface area contributed by atoms with Crippen LogP contribution in [-0.4, -0.2) is 16.9 Å². The number of fused-ring (bicyclic) bond motifs is 14. The summed E-state index contributed by atoms with van der Waals surface area (Å²) in [6.45, 7) is 3.89. The van der Waals surface area contributed by atoms with Crippen molar-refractivity contribution in [1.82, 2.24) is 0 Å². The Hall–Kier alpha value is -13.6. The summed E-state index contributed by atoms with van der Waals surface area (Å²) < 4.78 is 0. The van der Waals surface area contributed by atoms with E-state index in [0.717, 1.165) is 36.8 Å². The standard InChI is InChI=1S/C44H26.C30H22.C20H14.C16H14O3/c1-2-8-26-14-32-20-38-37(19-31(32)13-25(26)7-1)43(38)41-23-35-17-29-11-5-6-12-30(29)18-36(35)24-42(41)44-39-21-33-15-27-9-3-4-10-28(27)16-34(33)22-40(39)44;1-2-6-20-10-24-14-28-18-30-16-26-12-22-8-4-3-7-21(22)11-25(26)15-29(30)17-27(28)13-23(24)9-19(20)5-1;1-2-8-14-13(7-1)19-15-9-3-5-11-17(15)20(14)18-12-6-4-10-16(18)19;1-10-7-8-12(9-11(10)2)15(17)13-5-3-4-6-14(13)16(18)19/h1-24,43-44H;1-10,13-16H,11-12,17-18H2;1-12,19-20H;3-9H,1-2H3,(H,18,19). The molecule has 19 aromatic carbocycles. The molecule has 534 valence electrons. The molecule has 3 heteroatoms. The van der Waals surface area contributed by atoms with Gasteiger partial charge < -0.3 is 5.11 Å². The summed E-state index contributed by atoms with van der Waals surface area (Å²) in [4.78, 5) is 23.5. The average molecular weight is 1450 g/mol. The Morgan fingerprint density at radius 1 is 0.212 bits per heavy atom. The highest BCUT2D eigenvalue weighted by molar-refractivity contribution is 6.14. The molecule has 0 saturated heterocycles. The van der Waals surface area contributed by atoms with Crippen molar-refractivity contribution in [3.05, 3.63) is 485 Å². The van der Waals surface area contributed by atoms with Crippen molar-refractivity contribution in [3.8, 4) is 0 Å². The molecule has 1 N–H and O–H groups in total. The first-order valence-corrected chi connectivity index (χ1v) is 39.8. The lowest BCUT2D eigenvalue weighted by Crippen LogP contribution is -2.27. The van der Waals surface area contributed by atoms with Gasteiger partial charge in [0.1, 0.15) is 0 Å². The molecule has 19 aromatic rings. The Labute approximate surface area is 656 Å². The molecule has 0 aliphatic heterocycles. The normalized spacial score (nSPS) is 14.7. The fourth-order valence-corrected chi connectivity index (χ4v) is 19.7. The number of hydrogen-bond donors (Lipinski definition) is 1. The van der Waals surface area contributed by atoms with E-state index in [4.69, 9.17) is 5.11 Å². The summed E-state index contributed by atoms with van der Waals surface area (Å²) in [7, 11) is 0. The SMILES string of the molecule is Cc1ccc(C(=O)c2ccccc2C(=O)O)cc1C.c1ccc2c(c1)C1c3ccccc3C2c2ccccc21.c1ccc2c(c1)Cc1cc3c(cc1C2)Cc1cc2cc4ccccc4cc2cc1C3.c1ccc2cc3cc4c(cc3cc2c1)C4c1cc2cc3ccccc3cc2cc1C1c2cc3cc4ccccc4cc3cc21. The lowest BCUT2D eigenvalue weighted by atomic mass is 9.61. The van der Waals surface area contributed by atoms with Crippen LogP contribution in [0.3, 0.4) is 0 Å². The molecule has 7 aliphatic carbocycles. The van der Waals surface area contributed by atoms with E-state index < -0.39 is 5.97 Å². The Morgan fingerprint density at radius 3 is 0.743 bits per heavy atom. The van der Waals surface area contributed by atoms with Crippen molar-refractivity contribution in [1.29, 1.82) is 0 Å². The number of carbonyl (C=O) groups is 2. The number of carboxylic acids is 1. The van der Waals surface area contributed by atoms with Gasteiger partial charge in [-0.1, -0.05) is 249 Å². The number of benzene rings is 19. The third-order valence-electron chi connectivity index (χ3n) is 25.6. The topological polar surface area (TPSA) is 54.4 Å². The van der Waals surface area contributed by atoms with Crippen LogP contribution < -0.4 is 0 Å². The molecule has 0 radical (unpaired) electrons. The molecule has 0 amide bonds. The van der Waals surface area contributed by atoms with Crippen LogP contribution in [0.25, 0.3) is 86.2 Å². The maximum absolute atomic E-state index is 12.4. The number of carboxylic acid groups (broad SMARTS) is 1. The predicted octanol–water partition coefficient (Wildman–Crippen LogP) is 26.5. The number of rotatable bonds is 5. The van der Waals surface area contributed by atoms with E-state index >= 15 is 0 Å². The molecule has 113 heavy (non-hydrogen) atoms. The molecule has 0 unspecified atom stereocenters. The Bertz CT molecular complexity index is 6710. The summed E-state index contributed by atoms with van der Waals surface area (Å²) in [6, 6.07) is 126. The molecule has 0 heterocycles. The van der Waals surface area contributed by atoms with E-state index in [1.54, 1.807) is 30.3 Å². The first-order valence-electron chi connectivity index (χ1n) is 39.8. The van der Waals surface area contributed by atoms with Crippen molar-refractivity contribution < 1.29 is 14.7 Å². The molecule has 2 bridgehead atoms. The number of aryl methyl sites for hydroxylation is 2. The minimum absolute atomic E-state index is 0.0331. The first-order chi connectivity index (χ1) is 55.5. The molecular formula is C110H76O3. The van der Waals surface area contributed by atoms with E-state index in [2.05, 4.69) is 303 Å². The highest BCUT2D eigenvalue weighted by Crippen LogP contribution is 2.59. The third kappa shape index (κ3) is 11.5. The fraction of sp³-hybridized carbons (Fsp3) is 0.0909. The third-order valence-corrected chi connectivity index (χ3v) is 25.6. The zero-order valence-electron chi connectivity index (χ0n) is 62.8. The van der Waals surface area contributed by atoms with Gasteiger partial charge in [0.25, 0.3) is 0 Å². The smallest absolute Gasteiger partial charge is 0.336 e. The molecule has 0 saturated carbocycles. The number of ketones is 1. The second kappa shape index (κ2) is 26.3. The van der Waals surface area contributed by atoms with E-state index in [-0.39, 0.29) is 16.9 Å². The van der Waals surface area contributed by atoms with Gasteiger partial charge >= 0.3 is 5.97 Å². The number of aromatic carboxylic acids is 1. The van der Waals surface area contributed by atoms with Crippen molar-refractivity contribution >= 4 is 97.9 Å². The minimum Gasteiger partial charge on any atom is -0.478 e. The second-order valence-electron chi connectivity index (χ2n) is 32.2. The van der Waals surface area contributed by atoms with Gasteiger partial charge in [-0.3, -0.25) is 4.79 Å². The zero-order chi connectivity index (χ0) is 75.3. The predicted molar refractivity (Wildman–Crippen MR) is 466 cm³/mol. The van der Waals surface area contributed by atoms with E-state index in [1.807, 2.05) is 19.9 Å². The van der Waals surface area contributed by atoms with Crippen LogP contribution in [0.1, 0.15) is 172 Å². The van der Waals surface area contributed by atoms with Gasteiger partial charge in [0.05, 0.1) is 5.56 Å². The van der Waals surface area contributed by atoms with Crippen LogP contribution in [0.2, 0.25) is 0 Å². The van der Waals surface area contributed by atoms with Crippen LogP contribution in [0.15, 0.2) is 346 Å². The molecule has 26 rings (SSSR count). The molecule has 7 aliphatic rings. The first kappa shape index (κ1) is 66.4. The lowest BCUT2D eigenvalue weighted by Gasteiger charge is -2.42. The quantitative estimate of drug-likeness (QED) is 0.138. The van der Waals surface area contributed by atoms with Gasteiger partial charge in [-0.15, -0.1) is 0 Å². The van der Waals surface area contributed by atoms with Crippen molar-refractivity contribution in [2.75, 3.05) is 0 Å². The maximum Gasteiger partial charge on any atom is 0.336 e. The van der Waals surface area contributed by atoms with E-state index in [0.29, 0.717) is 29.2 Å². The number of carbonyl (C=O) groups excluding carboxylic acids is 1. The van der Waals surface area contributed by atoms with Gasteiger partial charge in [0, 0.05) is 34.8 Å². The minimum atomic E-state index is -1.09. The molecule has 0 aromatic heterocycles. The summed E-state index contributed by atoms with van der Waals surface area (Å²) in [5, 5.41) is 30.3. The van der Waals surface area contributed by atoms with Crippen molar-refractivity contribution in [2.45, 2.75) is 63.2 Å². The Kier molecular flexibility index (Phi) is 15.5. The highest BCUT2D eigenvalue weighted by atomic mass is 16.4. The summed E-state index contributed by atoms with van der Waals surface area (Å²) in [6.07, 6.45) is 4.27. The van der Waals surface area contributed by atoms with Crippen LogP contribution in [0, 0.1) is 13.8 Å². The lowest BCUT2D eigenvalue weighted by molar-refractivity contribution is 0.0692. The van der Waals surface area contributed by atoms with E-state index in [9.17, 15) is 9.59 Å². The summed E-state index contributed by atoms with van der Waals surface area (Å²) >= 11 is 0. The highest BCUT2D eigenvalue weighted by Gasteiger charge is 2.43. The number of hydrogen-bond acceptors (Lipinski definition) is 2. The zero-order valence-corrected chi connectivity index (χ0v) is 62.8. The van der Waals surface area contributed by atoms with Crippen molar-refractivity contribution in [2.24, 2.45) is 0 Å². The Balaban J connectivity index is 0.0000000983.